The number of aliphatic hydroxyl groups is 1. The molecule has 0 aliphatic carbocycles. The van der Waals surface area contributed by atoms with E-state index in [1.54, 1.807) is 4.90 Å². The van der Waals surface area contributed by atoms with Gasteiger partial charge in [0.2, 0.25) is 5.91 Å². The van der Waals surface area contributed by atoms with Gasteiger partial charge in [-0.05, 0) is 30.5 Å². The molecule has 2 fully saturated rings. The maximum absolute atomic E-state index is 12.0. The summed E-state index contributed by atoms with van der Waals surface area (Å²) in [5, 5.41) is 18.6. The number of benzene rings is 1. The normalized spacial score (nSPS) is 23.4. The van der Waals surface area contributed by atoms with Gasteiger partial charge in [-0.15, -0.1) is 0 Å². The van der Waals surface area contributed by atoms with Crippen LogP contribution in [0.3, 0.4) is 0 Å². The van der Waals surface area contributed by atoms with Crippen molar-refractivity contribution in [1.29, 1.82) is 0 Å². The topological polar surface area (TPSA) is 81.1 Å². The molecule has 23 heavy (non-hydrogen) atoms. The van der Waals surface area contributed by atoms with E-state index in [4.69, 9.17) is 5.11 Å². The number of carboxylic acid groups (broad SMARTS) is 1. The van der Waals surface area contributed by atoms with Crippen molar-refractivity contribution in [3.8, 4) is 0 Å². The van der Waals surface area contributed by atoms with Gasteiger partial charge in [0.25, 0.3) is 0 Å². The second kappa shape index (κ2) is 6.68. The van der Waals surface area contributed by atoms with Gasteiger partial charge in [-0.2, -0.15) is 0 Å². The molecular weight excluding hydrogens is 296 g/mol. The summed E-state index contributed by atoms with van der Waals surface area (Å²) in [5.74, 6) is -1.65. The Morgan fingerprint density at radius 1 is 1.17 bits per heavy atom. The molecule has 0 saturated carbocycles. The molecule has 1 aromatic carbocycles. The van der Waals surface area contributed by atoms with Crippen LogP contribution < -0.4 is 4.90 Å². The Bertz CT molecular complexity index is 579. The smallest absolute Gasteiger partial charge is 0.308 e. The lowest BCUT2D eigenvalue weighted by molar-refractivity contribution is -0.141. The second-order valence-electron chi connectivity index (χ2n) is 6.42. The van der Waals surface area contributed by atoms with Crippen molar-refractivity contribution >= 4 is 17.6 Å². The number of piperidine rings is 1. The Kier molecular flexibility index (Phi) is 4.63. The zero-order valence-corrected chi connectivity index (χ0v) is 13.0. The number of likely N-dealkylation sites (tertiary alicyclic amines) is 1. The number of anilines is 1. The fourth-order valence-electron chi connectivity index (χ4n) is 3.24. The van der Waals surface area contributed by atoms with Gasteiger partial charge in [-0.1, -0.05) is 12.1 Å². The lowest BCUT2D eigenvalue weighted by atomic mass is 10.1. The van der Waals surface area contributed by atoms with E-state index in [0.29, 0.717) is 0 Å². The third-order valence-electron chi connectivity index (χ3n) is 4.69. The third-order valence-corrected chi connectivity index (χ3v) is 4.69. The summed E-state index contributed by atoms with van der Waals surface area (Å²) in [5.41, 5.74) is 1.92. The van der Waals surface area contributed by atoms with E-state index < -0.39 is 11.9 Å². The van der Waals surface area contributed by atoms with Crippen LogP contribution in [0, 0.1) is 5.92 Å². The van der Waals surface area contributed by atoms with Gasteiger partial charge < -0.3 is 15.1 Å². The molecule has 6 nitrogen and oxygen atoms in total. The number of aliphatic carboxylic acids is 1. The van der Waals surface area contributed by atoms with Crippen LogP contribution in [-0.2, 0) is 16.1 Å². The van der Waals surface area contributed by atoms with Crippen molar-refractivity contribution in [3.63, 3.8) is 0 Å². The Labute approximate surface area is 135 Å². The number of hydrogen-bond donors (Lipinski definition) is 2. The standard InChI is InChI=1S/C17H22N2O4/c20-15-5-7-18(8-6-15)10-12-1-3-14(4-2-12)19-11-13(17(22)23)9-16(19)21/h1-4,13,15,20H,5-11H2,(H,22,23). The summed E-state index contributed by atoms with van der Waals surface area (Å²) in [6.45, 7) is 2.87. The average molecular weight is 318 g/mol. The quantitative estimate of drug-likeness (QED) is 0.868. The molecule has 2 saturated heterocycles. The van der Waals surface area contributed by atoms with Crippen molar-refractivity contribution in [2.24, 2.45) is 5.92 Å². The third kappa shape index (κ3) is 3.71. The van der Waals surface area contributed by atoms with Gasteiger partial charge in [-0.25, -0.2) is 0 Å². The molecule has 1 amide bonds. The lowest BCUT2D eigenvalue weighted by Crippen LogP contribution is -2.35. The maximum Gasteiger partial charge on any atom is 0.308 e. The summed E-state index contributed by atoms with van der Waals surface area (Å²) in [7, 11) is 0. The molecule has 1 aromatic rings. The van der Waals surface area contributed by atoms with Crippen molar-refractivity contribution in [2.45, 2.75) is 31.9 Å². The second-order valence-corrected chi connectivity index (χ2v) is 6.42. The molecular formula is C17H22N2O4. The number of hydrogen-bond acceptors (Lipinski definition) is 4. The highest BCUT2D eigenvalue weighted by Gasteiger charge is 2.34. The minimum Gasteiger partial charge on any atom is -0.481 e. The van der Waals surface area contributed by atoms with Crippen molar-refractivity contribution in [3.05, 3.63) is 29.8 Å². The Morgan fingerprint density at radius 3 is 2.39 bits per heavy atom. The molecule has 0 spiro atoms. The lowest BCUT2D eigenvalue weighted by Gasteiger charge is -2.29. The first-order chi connectivity index (χ1) is 11.0. The minimum atomic E-state index is -0.912. The first-order valence-corrected chi connectivity index (χ1v) is 8.05. The van der Waals surface area contributed by atoms with E-state index in [1.807, 2.05) is 24.3 Å². The van der Waals surface area contributed by atoms with E-state index in [2.05, 4.69) is 4.90 Å². The number of rotatable bonds is 4. The predicted molar refractivity (Wildman–Crippen MR) is 85.1 cm³/mol. The first-order valence-electron chi connectivity index (χ1n) is 8.05. The highest BCUT2D eigenvalue weighted by Crippen LogP contribution is 2.26. The van der Waals surface area contributed by atoms with Crippen LogP contribution in [0.2, 0.25) is 0 Å². The average Bonchev–Trinajstić information content (AvgIpc) is 2.93. The molecule has 124 valence electrons. The molecule has 2 heterocycles. The SMILES string of the molecule is O=C(O)C1CC(=O)N(c2ccc(CN3CCC(O)CC3)cc2)C1. The monoisotopic (exact) mass is 318 g/mol. The summed E-state index contributed by atoms with van der Waals surface area (Å²) in [4.78, 5) is 26.8. The van der Waals surface area contributed by atoms with Gasteiger partial charge in [0, 0.05) is 38.3 Å². The molecule has 2 aliphatic heterocycles. The van der Waals surface area contributed by atoms with E-state index in [1.165, 1.54) is 0 Å². The maximum atomic E-state index is 12.0. The van der Waals surface area contributed by atoms with Crippen LogP contribution >= 0.6 is 0 Å². The van der Waals surface area contributed by atoms with Gasteiger partial charge >= 0.3 is 5.97 Å². The number of carboxylic acids is 1. The van der Waals surface area contributed by atoms with E-state index in [0.717, 1.165) is 43.7 Å². The minimum absolute atomic E-state index is 0.0766. The molecule has 0 radical (unpaired) electrons. The summed E-state index contributed by atoms with van der Waals surface area (Å²) < 4.78 is 0. The molecule has 2 aliphatic rings. The highest BCUT2D eigenvalue weighted by atomic mass is 16.4. The fourth-order valence-corrected chi connectivity index (χ4v) is 3.24. The van der Waals surface area contributed by atoms with Gasteiger partial charge in [0.05, 0.1) is 12.0 Å². The van der Waals surface area contributed by atoms with E-state index in [9.17, 15) is 14.7 Å². The first kappa shape index (κ1) is 16.0. The highest BCUT2D eigenvalue weighted by molar-refractivity contribution is 5.99. The molecule has 1 atom stereocenters. The molecule has 0 aromatic heterocycles. The van der Waals surface area contributed by atoms with Crippen LogP contribution in [-0.4, -0.2) is 52.7 Å². The molecule has 2 N–H and O–H groups in total. The molecule has 6 heteroatoms. The molecule has 0 bridgehead atoms. The van der Waals surface area contributed by atoms with Gasteiger partial charge in [-0.3, -0.25) is 14.5 Å². The van der Waals surface area contributed by atoms with Crippen LogP contribution in [0.15, 0.2) is 24.3 Å². The summed E-state index contributed by atoms with van der Waals surface area (Å²) >= 11 is 0. The fraction of sp³-hybridized carbons (Fsp3) is 0.529. The zero-order valence-electron chi connectivity index (χ0n) is 13.0. The Hall–Kier alpha value is -1.92. The van der Waals surface area contributed by atoms with Crippen LogP contribution in [0.25, 0.3) is 0 Å². The van der Waals surface area contributed by atoms with Crippen LogP contribution in [0.4, 0.5) is 5.69 Å². The van der Waals surface area contributed by atoms with Gasteiger partial charge in [0.15, 0.2) is 0 Å². The van der Waals surface area contributed by atoms with Crippen molar-refractivity contribution in [2.75, 3.05) is 24.5 Å². The van der Waals surface area contributed by atoms with Gasteiger partial charge in [0.1, 0.15) is 0 Å². The largest absolute Gasteiger partial charge is 0.481 e. The van der Waals surface area contributed by atoms with E-state index >= 15 is 0 Å². The number of aliphatic hydroxyl groups excluding tert-OH is 1. The predicted octanol–water partition coefficient (Wildman–Crippen LogP) is 1.08. The van der Waals surface area contributed by atoms with Crippen molar-refractivity contribution in [1.82, 2.24) is 4.90 Å². The number of amides is 1. The van der Waals surface area contributed by atoms with Crippen LogP contribution in [0.5, 0.6) is 0 Å². The van der Waals surface area contributed by atoms with Crippen molar-refractivity contribution < 1.29 is 19.8 Å². The van der Waals surface area contributed by atoms with E-state index in [-0.39, 0.29) is 25.0 Å². The summed E-state index contributed by atoms with van der Waals surface area (Å²) in [6, 6.07) is 7.75. The number of carbonyl (C=O) groups excluding carboxylic acids is 1. The number of nitrogens with zero attached hydrogens (tertiary/aromatic N) is 2. The molecule has 3 rings (SSSR count). The Morgan fingerprint density at radius 2 is 1.83 bits per heavy atom. The zero-order chi connectivity index (χ0) is 16.4. The number of carbonyl (C=O) groups is 2. The Balaban J connectivity index is 1.61. The van der Waals surface area contributed by atoms with Crippen LogP contribution in [0.1, 0.15) is 24.8 Å². The molecule has 1 unspecified atom stereocenters. The summed E-state index contributed by atoms with van der Waals surface area (Å²) in [6.07, 6.45) is 1.54.